The van der Waals surface area contributed by atoms with Crippen LogP contribution in [0.2, 0.25) is 0 Å². The van der Waals surface area contributed by atoms with E-state index < -0.39 is 34.5 Å². The van der Waals surface area contributed by atoms with Crippen molar-refractivity contribution in [1.29, 1.82) is 10.5 Å². The number of carbonyl (C=O) groups excluding carboxylic acids is 2. The fourth-order valence-corrected chi connectivity index (χ4v) is 3.12. The van der Waals surface area contributed by atoms with Gasteiger partial charge in [-0.2, -0.15) is 15.2 Å². The number of nitriles is 2. The van der Waals surface area contributed by atoms with Gasteiger partial charge < -0.3 is 10.1 Å². The van der Waals surface area contributed by atoms with Gasteiger partial charge in [0, 0.05) is 5.69 Å². The standard InChI is InChI=1S/C19H16N4O5S/c1-13(19(25)23-16-4-2-3-15(9-16)11-21)28-18(24)12-22-29(26,27)17-7-5-14(10-20)6-8-17/h2-9,13,22H,12H2,1H3,(H,23,25)/t13-/m0/s1. The fourth-order valence-electron chi connectivity index (χ4n) is 2.15. The molecule has 2 aromatic rings. The van der Waals surface area contributed by atoms with Crippen LogP contribution >= 0.6 is 0 Å². The Balaban J connectivity index is 1.89. The van der Waals surface area contributed by atoms with E-state index >= 15 is 0 Å². The van der Waals surface area contributed by atoms with Crippen LogP contribution in [-0.2, 0) is 24.3 Å². The van der Waals surface area contributed by atoms with Gasteiger partial charge in [0.05, 0.1) is 28.2 Å². The highest BCUT2D eigenvalue weighted by Crippen LogP contribution is 2.11. The van der Waals surface area contributed by atoms with Crippen molar-refractivity contribution in [3.63, 3.8) is 0 Å². The molecule has 29 heavy (non-hydrogen) atoms. The first-order valence-electron chi connectivity index (χ1n) is 8.25. The Bertz CT molecular complexity index is 1100. The second kappa shape index (κ2) is 9.46. The van der Waals surface area contributed by atoms with Gasteiger partial charge in [-0.05, 0) is 49.4 Å². The van der Waals surface area contributed by atoms with E-state index in [1.54, 1.807) is 18.2 Å². The molecule has 2 aromatic carbocycles. The minimum Gasteiger partial charge on any atom is -0.452 e. The molecule has 0 saturated carbocycles. The van der Waals surface area contributed by atoms with Crippen LogP contribution in [0.25, 0.3) is 0 Å². The Labute approximate surface area is 167 Å². The van der Waals surface area contributed by atoms with Crippen molar-refractivity contribution >= 4 is 27.6 Å². The van der Waals surface area contributed by atoms with E-state index in [1.807, 2.05) is 12.1 Å². The molecule has 2 rings (SSSR count). The maximum atomic E-state index is 12.2. The molecule has 0 saturated heterocycles. The second-order valence-corrected chi connectivity index (χ2v) is 7.54. The summed E-state index contributed by atoms with van der Waals surface area (Å²) >= 11 is 0. The monoisotopic (exact) mass is 412 g/mol. The third-order valence-corrected chi connectivity index (χ3v) is 5.05. The Morgan fingerprint density at radius 3 is 2.34 bits per heavy atom. The summed E-state index contributed by atoms with van der Waals surface area (Å²) in [6.45, 7) is 0.653. The summed E-state index contributed by atoms with van der Waals surface area (Å²) in [7, 11) is -3.98. The van der Waals surface area contributed by atoms with Gasteiger partial charge >= 0.3 is 5.97 Å². The topological polar surface area (TPSA) is 149 Å². The molecule has 0 fully saturated rings. The van der Waals surface area contributed by atoms with Crippen molar-refractivity contribution in [2.24, 2.45) is 0 Å². The van der Waals surface area contributed by atoms with Crippen molar-refractivity contribution in [3.8, 4) is 12.1 Å². The third-order valence-electron chi connectivity index (χ3n) is 3.64. The second-order valence-electron chi connectivity index (χ2n) is 5.77. The first kappa shape index (κ1) is 21.6. The first-order chi connectivity index (χ1) is 13.7. The molecule has 0 unspecified atom stereocenters. The highest BCUT2D eigenvalue weighted by molar-refractivity contribution is 7.89. The number of nitrogens with zero attached hydrogens (tertiary/aromatic N) is 2. The molecule has 9 nitrogen and oxygen atoms in total. The number of benzene rings is 2. The number of anilines is 1. The van der Waals surface area contributed by atoms with E-state index in [9.17, 15) is 18.0 Å². The van der Waals surface area contributed by atoms with Gasteiger partial charge in [-0.3, -0.25) is 9.59 Å². The summed E-state index contributed by atoms with van der Waals surface area (Å²) in [6, 6.07) is 15.1. The van der Waals surface area contributed by atoms with Crippen molar-refractivity contribution in [2.45, 2.75) is 17.9 Å². The van der Waals surface area contributed by atoms with Crippen LogP contribution in [0.5, 0.6) is 0 Å². The molecular formula is C19H16N4O5S. The minimum absolute atomic E-state index is 0.118. The smallest absolute Gasteiger partial charge is 0.321 e. The van der Waals surface area contributed by atoms with Crippen molar-refractivity contribution in [2.75, 3.05) is 11.9 Å². The summed E-state index contributed by atoms with van der Waals surface area (Å²) in [4.78, 5) is 23.9. The number of hydrogen-bond acceptors (Lipinski definition) is 7. The lowest BCUT2D eigenvalue weighted by molar-refractivity contribution is -0.151. The fraction of sp³-hybridized carbons (Fsp3) is 0.158. The average Bonchev–Trinajstić information content (AvgIpc) is 2.72. The SMILES string of the molecule is C[C@H](OC(=O)CNS(=O)(=O)c1ccc(C#N)cc1)C(=O)Nc1cccc(C#N)c1. The van der Waals surface area contributed by atoms with Crippen LogP contribution in [0, 0.1) is 22.7 Å². The maximum absolute atomic E-state index is 12.2. The minimum atomic E-state index is -3.98. The van der Waals surface area contributed by atoms with Crippen LogP contribution in [0.15, 0.2) is 53.4 Å². The quantitative estimate of drug-likeness (QED) is 0.650. The Hall–Kier alpha value is -3.73. The summed E-state index contributed by atoms with van der Waals surface area (Å²) < 4.78 is 31.3. The summed E-state index contributed by atoms with van der Waals surface area (Å²) in [5, 5.41) is 20.1. The molecule has 148 valence electrons. The first-order valence-corrected chi connectivity index (χ1v) is 9.74. The molecule has 2 N–H and O–H groups in total. The molecule has 0 aliphatic heterocycles. The van der Waals surface area contributed by atoms with E-state index in [-0.39, 0.29) is 4.90 Å². The number of nitrogens with one attached hydrogen (secondary N) is 2. The molecule has 0 aromatic heterocycles. The number of hydrogen-bond donors (Lipinski definition) is 2. The van der Waals surface area contributed by atoms with Gasteiger partial charge in [0.25, 0.3) is 5.91 Å². The Morgan fingerprint density at radius 1 is 1.07 bits per heavy atom. The third kappa shape index (κ3) is 6.14. The van der Waals surface area contributed by atoms with E-state index in [1.165, 1.54) is 37.3 Å². The zero-order valence-electron chi connectivity index (χ0n) is 15.2. The van der Waals surface area contributed by atoms with E-state index in [4.69, 9.17) is 15.3 Å². The highest BCUT2D eigenvalue weighted by atomic mass is 32.2. The molecule has 1 atom stereocenters. The number of carbonyl (C=O) groups is 2. The van der Waals surface area contributed by atoms with Gasteiger partial charge in [-0.25, -0.2) is 8.42 Å². The van der Waals surface area contributed by atoms with Crippen LogP contribution in [0.4, 0.5) is 5.69 Å². The highest BCUT2D eigenvalue weighted by Gasteiger charge is 2.20. The van der Waals surface area contributed by atoms with Crippen molar-refractivity contribution < 1.29 is 22.7 Å². The van der Waals surface area contributed by atoms with E-state index in [2.05, 4.69) is 10.0 Å². The molecule has 0 radical (unpaired) electrons. The van der Waals surface area contributed by atoms with E-state index in [0.29, 0.717) is 16.8 Å². The molecule has 0 spiro atoms. The van der Waals surface area contributed by atoms with Crippen LogP contribution in [-0.4, -0.2) is 32.9 Å². The zero-order valence-corrected chi connectivity index (χ0v) is 16.1. The van der Waals surface area contributed by atoms with Crippen LogP contribution in [0.3, 0.4) is 0 Å². The summed E-state index contributed by atoms with van der Waals surface area (Å²) in [6.07, 6.45) is -1.19. The Kier molecular flexibility index (Phi) is 7.04. The van der Waals surface area contributed by atoms with Gasteiger partial charge in [0.2, 0.25) is 10.0 Å². The summed E-state index contributed by atoms with van der Waals surface area (Å²) in [5.74, 6) is -1.58. The average molecular weight is 412 g/mol. The van der Waals surface area contributed by atoms with Crippen molar-refractivity contribution in [3.05, 3.63) is 59.7 Å². The van der Waals surface area contributed by atoms with Gasteiger partial charge in [-0.1, -0.05) is 6.07 Å². The van der Waals surface area contributed by atoms with Crippen LogP contribution in [0.1, 0.15) is 18.1 Å². The molecule has 0 aliphatic carbocycles. The van der Waals surface area contributed by atoms with Gasteiger partial charge in [0.15, 0.2) is 6.10 Å². The lowest BCUT2D eigenvalue weighted by Gasteiger charge is -2.14. The van der Waals surface area contributed by atoms with E-state index in [0.717, 1.165) is 0 Å². The van der Waals surface area contributed by atoms with Crippen molar-refractivity contribution in [1.82, 2.24) is 4.72 Å². The predicted molar refractivity (Wildman–Crippen MR) is 102 cm³/mol. The predicted octanol–water partition coefficient (Wildman–Crippen LogP) is 1.28. The number of ether oxygens (including phenoxy) is 1. The molecule has 10 heteroatoms. The maximum Gasteiger partial charge on any atom is 0.321 e. The van der Waals surface area contributed by atoms with Gasteiger partial charge in [-0.15, -0.1) is 0 Å². The molecule has 0 bridgehead atoms. The molecule has 1 amide bonds. The molecular weight excluding hydrogens is 396 g/mol. The number of esters is 1. The zero-order chi connectivity index (χ0) is 21.4. The van der Waals surface area contributed by atoms with Crippen LogP contribution < -0.4 is 10.0 Å². The lowest BCUT2D eigenvalue weighted by atomic mass is 10.2. The normalized spacial score (nSPS) is 11.6. The summed E-state index contributed by atoms with van der Waals surface area (Å²) in [5.41, 5.74) is 1.01. The lowest BCUT2D eigenvalue weighted by Crippen LogP contribution is -2.35. The number of amides is 1. The van der Waals surface area contributed by atoms with Gasteiger partial charge in [0.1, 0.15) is 6.54 Å². The molecule has 0 heterocycles. The number of sulfonamides is 1. The number of rotatable bonds is 7. The molecule has 0 aliphatic rings. The Morgan fingerprint density at radius 2 is 1.72 bits per heavy atom. The largest absolute Gasteiger partial charge is 0.452 e.